The first kappa shape index (κ1) is 20.7. The molecule has 0 saturated carbocycles. The molecule has 0 fully saturated rings. The number of hydrogen-bond donors (Lipinski definition) is 1. The van der Waals surface area contributed by atoms with E-state index in [-0.39, 0.29) is 24.8 Å². The van der Waals surface area contributed by atoms with Crippen molar-refractivity contribution in [3.05, 3.63) is 62.8 Å². The van der Waals surface area contributed by atoms with Crippen molar-refractivity contribution in [1.29, 1.82) is 0 Å². The lowest BCUT2D eigenvalue weighted by molar-refractivity contribution is -0.116. The van der Waals surface area contributed by atoms with E-state index in [4.69, 9.17) is 9.47 Å². The fraction of sp³-hybridized carbons (Fsp3) is 0.348. The highest BCUT2D eigenvalue weighted by molar-refractivity contribution is 5.93. The van der Waals surface area contributed by atoms with Crippen LogP contribution in [0.4, 0.5) is 5.69 Å². The van der Waals surface area contributed by atoms with Crippen molar-refractivity contribution >= 4 is 22.5 Å². The molecule has 1 aliphatic heterocycles. The van der Waals surface area contributed by atoms with Gasteiger partial charge in [0, 0.05) is 24.6 Å². The Hall–Kier alpha value is -3.55. The van der Waals surface area contributed by atoms with Crippen molar-refractivity contribution in [3.8, 4) is 11.5 Å². The molecule has 0 radical (unpaired) electrons. The summed E-state index contributed by atoms with van der Waals surface area (Å²) in [6.07, 6.45) is 0.847. The summed E-state index contributed by atoms with van der Waals surface area (Å²) >= 11 is 0. The Balaban J connectivity index is 1.69. The van der Waals surface area contributed by atoms with E-state index in [0.717, 1.165) is 16.6 Å². The predicted molar refractivity (Wildman–Crippen MR) is 118 cm³/mol. The number of aromatic nitrogens is 2. The van der Waals surface area contributed by atoms with Gasteiger partial charge in [-0.05, 0) is 39.0 Å². The van der Waals surface area contributed by atoms with Crippen LogP contribution >= 0.6 is 0 Å². The maximum Gasteiger partial charge on any atom is 0.331 e. The molecule has 1 aromatic heterocycles. The van der Waals surface area contributed by atoms with E-state index in [9.17, 15) is 14.4 Å². The number of benzene rings is 2. The Labute approximate surface area is 179 Å². The van der Waals surface area contributed by atoms with Gasteiger partial charge in [0.2, 0.25) is 5.91 Å². The highest BCUT2D eigenvalue weighted by atomic mass is 16.5. The van der Waals surface area contributed by atoms with Gasteiger partial charge >= 0.3 is 5.69 Å². The summed E-state index contributed by atoms with van der Waals surface area (Å²) in [5, 5.41) is 3.24. The average molecular weight is 423 g/mol. The van der Waals surface area contributed by atoms with E-state index in [2.05, 4.69) is 5.32 Å². The van der Waals surface area contributed by atoms with Gasteiger partial charge in [-0.1, -0.05) is 12.1 Å². The molecule has 4 rings (SSSR count). The highest BCUT2D eigenvalue weighted by Gasteiger charge is 2.23. The molecule has 1 N–H and O–H groups in total. The van der Waals surface area contributed by atoms with Crippen molar-refractivity contribution in [1.82, 2.24) is 9.13 Å². The van der Waals surface area contributed by atoms with Crippen molar-refractivity contribution < 1.29 is 14.3 Å². The maximum absolute atomic E-state index is 12.9. The minimum Gasteiger partial charge on any atom is -0.492 e. The molecule has 8 nitrogen and oxygen atoms in total. The number of nitrogens with zero attached hydrogens (tertiary/aromatic N) is 2. The third-order valence-corrected chi connectivity index (χ3v) is 5.32. The van der Waals surface area contributed by atoms with Gasteiger partial charge in [-0.15, -0.1) is 0 Å². The number of fused-ring (bicyclic) bond motifs is 2. The predicted octanol–water partition coefficient (Wildman–Crippen LogP) is 2.54. The number of carbonyl (C=O) groups is 1. The van der Waals surface area contributed by atoms with Gasteiger partial charge < -0.3 is 14.8 Å². The Kier molecular flexibility index (Phi) is 5.54. The summed E-state index contributed by atoms with van der Waals surface area (Å²) in [6, 6.07) is 10.4. The lowest BCUT2D eigenvalue weighted by Crippen LogP contribution is -2.41. The molecular weight excluding hydrogens is 398 g/mol. The molecule has 1 atom stereocenters. The zero-order valence-corrected chi connectivity index (χ0v) is 17.8. The van der Waals surface area contributed by atoms with Gasteiger partial charge in [-0.25, -0.2) is 4.79 Å². The van der Waals surface area contributed by atoms with Crippen LogP contribution in [-0.2, 0) is 24.3 Å². The SMILES string of the molecule is CCOc1cc2c(cc1NC(=O)Cn1c(=O)n(CC)c(=O)c3ccccc31)OC(C)C2. The maximum atomic E-state index is 12.9. The van der Waals surface area contributed by atoms with E-state index in [1.54, 1.807) is 37.3 Å². The normalized spacial score (nSPS) is 14.9. The van der Waals surface area contributed by atoms with E-state index in [0.29, 0.717) is 34.7 Å². The molecule has 1 aliphatic rings. The number of anilines is 1. The Morgan fingerprint density at radius 3 is 2.71 bits per heavy atom. The topological polar surface area (TPSA) is 91.6 Å². The van der Waals surface area contributed by atoms with E-state index in [1.807, 2.05) is 19.9 Å². The summed E-state index contributed by atoms with van der Waals surface area (Å²) in [5.41, 5.74) is 1.07. The summed E-state index contributed by atoms with van der Waals surface area (Å²) in [4.78, 5) is 38.4. The minimum atomic E-state index is -0.516. The molecule has 1 unspecified atom stereocenters. The summed E-state index contributed by atoms with van der Waals surface area (Å²) < 4.78 is 14.0. The fourth-order valence-corrected chi connectivity index (χ4v) is 3.95. The Morgan fingerprint density at radius 1 is 1.19 bits per heavy atom. The van der Waals surface area contributed by atoms with Crippen LogP contribution in [0, 0.1) is 0 Å². The van der Waals surface area contributed by atoms with Crippen LogP contribution < -0.4 is 26.0 Å². The number of ether oxygens (including phenoxy) is 2. The molecule has 2 aromatic carbocycles. The van der Waals surface area contributed by atoms with Crippen molar-refractivity contribution in [2.24, 2.45) is 0 Å². The molecule has 8 heteroatoms. The van der Waals surface area contributed by atoms with E-state index < -0.39 is 11.6 Å². The number of hydrogen-bond acceptors (Lipinski definition) is 5. The monoisotopic (exact) mass is 423 g/mol. The van der Waals surface area contributed by atoms with Crippen LogP contribution in [0.2, 0.25) is 0 Å². The molecule has 0 aliphatic carbocycles. The summed E-state index contributed by atoms with van der Waals surface area (Å²) in [7, 11) is 0. The second-order valence-electron chi connectivity index (χ2n) is 7.51. The second-order valence-corrected chi connectivity index (χ2v) is 7.51. The number of amides is 1. The van der Waals surface area contributed by atoms with Gasteiger partial charge in [0.05, 0.1) is 23.2 Å². The molecule has 1 amide bonds. The van der Waals surface area contributed by atoms with E-state index >= 15 is 0 Å². The van der Waals surface area contributed by atoms with Gasteiger partial charge in [0.1, 0.15) is 24.1 Å². The molecule has 0 spiro atoms. The zero-order valence-electron chi connectivity index (χ0n) is 17.8. The smallest absolute Gasteiger partial charge is 0.331 e. The number of carbonyl (C=O) groups excluding carboxylic acids is 1. The standard InChI is InChI=1S/C23H25N3O5/c1-4-25-22(28)16-8-6-7-9-18(16)26(23(25)29)13-21(27)24-17-12-19-15(10-14(3)31-19)11-20(17)30-5-2/h6-9,11-12,14H,4-5,10,13H2,1-3H3,(H,24,27). The Bertz CT molecular complexity index is 1270. The van der Waals surface area contributed by atoms with Crippen molar-refractivity contribution in [2.75, 3.05) is 11.9 Å². The first-order valence-electron chi connectivity index (χ1n) is 10.4. The third kappa shape index (κ3) is 3.81. The van der Waals surface area contributed by atoms with Crippen LogP contribution in [0.25, 0.3) is 10.9 Å². The number of para-hydroxylation sites is 1. The molecule has 2 heterocycles. The molecule has 0 saturated heterocycles. The first-order valence-corrected chi connectivity index (χ1v) is 10.4. The molecule has 3 aromatic rings. The van der Waals surface area contributed by atoms with Gasteiger partial charge in [0.25, 0.3) is 5.56 Å². The largest absolute Gasteiger partial charge is 0.492 e. The lowest BCUT2D eigenvalue weighted by Gasteiger charge is -2.15. The van der Waals surface area contributed by atoms with Crippen LogP contribution in [0.5, 0.6) is 11.5 Å². The zero-order chi connectivity index (χ0) is 22.1. The summed E-state index contributed by atoms with van der Waals surface area (Å²) in [5.74, 6) is 0.872. The van der Waals surface area contributed by atoms with Crippen molar-refractivity contribution in [3.63, 3.8) is 0 Å². The minimum absolute atomic E-state index is 0.0652. The van der Waals surface area contributed by atoms with Crippen LogP contribution in [0.1, 0.15) is 26.3 Å². The third-order valence-electron chi connectivity index (χ3n) is 5.32. The van der Waals surface area contributed by atoms with Gasteiger partial charge in [0.15, 0.2) is 0 Å². The molecule has 162 valence electrons. The number of nitrogens with one attached hydrogen (secondary N) is 1. The highest BCUT2D eigenvalue weighted by Crippen LogP contribution is 2.38. The molecule has 31 heavy (non-hydrogen) atoms. The van der Waals surface area contributed by atoms with Crippen LogP contribution in [-0.4, -0.2) is 27.8 Å². The van der Waals surface area contributed by atoms with Crippen molar-refractivity contribution in [2.45, 2.75) is 46.4 Å². The number of rotatable bonds is 6. The Morgan fingerprint density at radius 2 is 1.97 bits per heavy atom. The average Bonchev–Trinajstić information content (AvgIpc) is 3.10. The lowest BCUT2D eigenvalue weighted by atomic mass is 10.1. The second kappa shape index (κ2) is 8.29. The van der Waals surface area contributed by atoms with Crippen LogP contribution in [0.3, 0.4) is 0 Å². The summed E-state index contributed by atoms with van der Waals surface area (Å²) in [6.45, 7) is 6.01. The first-order chi connectivity index (χ1) is 14.9. The molecular formula is C23H25N3O5. The fourth-order valence-electron chi connectivity index (χ4n) is 3.95. The van der Waals surface area contributed by atoms with Crippen LogP contribution in [0.15, 0.2) is 46.0 Å². The van der Waals surface area contributed by atoms with Gasteiger partial charge in [-0.3, -0.25) is 18.7 Å². The molecule has 0 bridgehead atoms. The van der Waals surface area contributed by atoms with E-state index in [1.165, 1.54) is 4.57 Å². The van der Waals surface area contributed by atoms with Gasteiger partial charge in [-0.2, -0.15) is 0 Å². The quantitative estimate of drug-likeness (QED) is 0.658.